The van der Waals surface area contributed by atoms with Crippen molar-refractivity contribution in [2.75, 3.05) is 0 Å². The van der Waals surface area contributed by atoms with Gasteiger partial charge in [0, 0.05) is 0 Å². The lowest BCUT2D eigenvalue weighted by molar-refractivity contribution is 1.53. The second kappa shape index (κ2) is 6.11. The first-order valence-corrected chi connectivity index (χ1v) is 6.02. The maximum absolute atomic E-state index is 4.36. The van der Waals surface area contributed by atoms with Gasteiger partial charge in [-0.1, -0.05) is 36.4 Å². The van der Waals surface area contributed by atoms with Crippen molar-refractivity contribution in [3.8, 4) is 0 Å². The van der Waals surface area contributed by atoms with E-state index < -0.39 is 0 Å². The first-order chi connectivity index (χ1) is 8.34. The zero-order valence-corrected chi connectivity index (χ0v) is 10.7. The number of benzene rings is 2. The summed E-state index contributed by atoms with van der Waals surface area (Å²) in [5, 5.41) is 0. The van der Waals surface area contributed by atoms with Crippen molar-refractivity contribution in [3.63, 3.8) is 0 Å². The van der Waals surface area contributed by atoms with E-state index in [0.717, 1.165) is 11.4 Å². The van der Waals surface area contributed by atoms with Gasteiger partial charge in [-0.3, -0.25) is 4.99 Å². The summed E-state index contributed by atoms with van der Waals surface area (Å²) in [6.45, 7) is 0. The Morgan fingerprint density at radius 2 is 1.35 bits per heavy atom. The molecule has 0 N–H and O–H groups in total. The summed E-state index contributed by atoms with van der Waals surface area (Å²) in [6.07, 6.45) is 1.70. The number of rotatable bonds is 3. The van der Waals surface area contributed by atoms with E-state index >= 15 is 0 Å². The molecule has 0 saturated carbocycles. The van der Waals surface area contributed by atoms with Crippen LogP contribution in [-0.4, -0.2) is 10.8 Å². The molecule has 2 rings (SSSR count). The van der Waals surface area contributed by atoms with Crippen molar-refractivity contribution in [2.45, 2.75) is 0 Å². The van der Waals surface area contributed by atoms with Gasteiger partial charge >= 0.3 is 0 Å². The van der Waals surface area contributed by atoms with Crippen LogP contribution in [0.4, 0.5) is 11.4 Å². The molecule has 0 radical (unpaired) electrons. The van der Waals surface area contributed by atoms with Gasteiger partial charge in [0.15, 0.2) is 0 Å². The summed E-state index contributed by atoms with van der Waals surface area (Å²) < 4.78 is 0.701. The first kappa shape index (κ1) is 11.7. The molecular weight excluding hydrogens is 276 g/mol. The van der Waals surface area contributed by atoms with Gasteiger partial charge in [-0.2, -0.15) is 0 Å². The zero-order chi connectivity index (χ0) is 11.9. The molecule has 0 fully saturated rings. The molecule has 0 aliphatic heterocycles. The molecule has 2 nitrogen and oxygen atoms in total. The van der Waals surface area contributed by atoms with Crippen LogP contribution in [0, 0.1) is 0 Å². The van der Waals surface area contributed by atoms with Crippen molar-refractivity contribution >= 4 is 38.1 Å². The van der Waals surface area contributed by atoms with Gasteiger partial charge in [0.25, 0.3) is 0 Å². The van der Waals surface area contributed by atoms with Crippen LogP contribution in [0.25, 0.3) is 0 Å². The number of hydrogen-bond donors (Lipinski definition) is 0. The molecule has 0 heterocycles. The Labute approximate surface area is 109 Å². The molecule has 2 aromatic carbocycles. The third kappa shape index (κ3) is 3.96. The Bertz CT molecular complexity index is 518. The predicted molar refractivity (Wildman–Crippen MR) is 77.1 cm³/mol. The van der Waals surface area contributed by atoms with Crippen LogP contribution in [0.5, 0.6) is 0 Å². The molecule has 0 saturated heterocycles. The minimum absolute atomic E-state index is 0.701. The maximum atomic E-state index is 4.36. The van der Waals surface area contributed by atoms with Gasteiger partial charge in [-0.15, -0.1) is 0 Å². The Morgan fingerprint density at radius 1 is 0.824 bits per heavy atom. The smallest absolute Gasteiger partial charge is 0.125 e. The second-order valence-electron chi connectivity index (χ2n) is 3.36. The van der Waals surface area contributed by atoms with E-state index in [1.165, 1.54) is 0 Å². The van der Waals surface area contributed by atoms with Crippen molar-refractivity contribution < 1.29 is 0 Å². The summed E-state index contributed by atoms with van der Waals surface area (Å²) >= 11 is 3.37. The molecule has 0 aliphatic rings. The quantitative estimate of drug-likeness (QED) is 0.742. The molecule has 0 amide bonds. The highest BCUT2D eigenvalue weighted by atomic mass is 79.9. The van der Waals surface area contributed by atoms with Crippen molar-refractivity contribution in [1.29, 1.82) is 0 Å². The fourth-order valence-electron chi connectivity index (χ4n) is 1.30. The van der Waals surface area contributed by atoms with Crippen LogP contribution in [0.15, 0.2) is 70.6 Å². The Morgan fingerprint density at radius 3 is 1.94 bits per heavy atom. The molecule has 0 bridgehead atoms. The molecule has 0 spiro atoms. The van der Waals surface area contributed by atoms with Gasteiger partial charge in [-0.25, -0.2) is 4.99 Å². The van der Waals surface area contributed by atoms with Crippen molar-refractivity contribution in [2.24, 2.45) is 9.98 Å². The molecule has 3 heteroatoms. The summed E-state index contributed by atoms with van der Waals surface area (Å²) in [5.74, 6) is 0. The Balaban J connectivity index is 2.09. The number of nitrogens with zero attached hydrogens (tertiary/aromatic N) is 2. The van der Waals surface area contributed by atoms with Crippen LogP contribution in [-0.2, 0) is 0 Å². The highest BCUT2D eigenvalue weighted by Crippen LogP contribution is 2.12. The topological polar surface area (TPSA) is 24.7 Å². The summed E-state index contributed by atoms with van der Waals surface area (Å²) in [6, 6.07) is 19.5. The summed E-state index contributed by atoms with van der Waals surface area (Å²) in [7, 11) is 0. The fraction of sp³-hybridized carbons (Fsp3) is 0. The second-order valence-corrected chi connectivity index (χ2v) is 4.18. The van der Waals surface area contributed by atoms with Gasteiger partial charge in [0.2, 0.25) is 0 Å². The van der Waals surface area contributed by atoms with E-state index in [2.05, 4.69) is 25.9 Å². The molecule has 0 unspecified atom stereocenters. The van der Waals surface area contributed by atoms with E-state index in [4.69, 9.17) is 0 Å². The number of aliphatic imine (C=N–C) groups is 2. The molecule has 84 valence electrons. The number of halogens is 1. The summed E-state index contributed by atoms with van der Waals surface area (Å²) in [4.78, 5) is 8.66. The highest BCUT2D eigenvalue weighted by molar-refractivity contribution is 9.19. The monoisotopic (exact) mass is 286 g/mol. The summed E-state index contributed by atoms with van der Waals surface area (Å²) in [5.41, 5.74) is 1.81. The molecule has 0 aliphatic carbocycles. The van der Waals surface area contributed by atoms with Gasteiger partial charge in [0.1, 0.15) is 4.62 Å². The minimum atomic E-state index is 0.701. The van der Waals surface area contributed by atoms with Crippen LogP contribution in [0.3, 0.4) is 0 Å². The molecule has 0 aromatic heterocycles. The Hall–Kier alpha value is -1.74. The zero-order valence-electron chi connectivity index (χ0n) is 9.12. The van der Waals surface area contributed by atoms with Crippen LogP contribution >= 0.6 is 15.9 Å². The van der Waals surface area contributed by atoms with Crippen molar-refractivity contribution in [3.05, 3.63) is 60.7 Å². The maximum Gasteiger partial charge on any atom is 0.125 e. The average molecular weight is 287 g/mol. The standard InChI is InChI=1S/C14H11BrN2/c15-14(17-13-9-5-2-6-10-13)11-16-12-7-3-1-4-8-12/h1-11H. The predicted octanol–water partition coefficient (Wildman–Crippen LogP) is 4.51. The van der Waals surface area contributed by atoms with E-state index in [0.29, 0.717) is 4.62 Å². The first-order valence-electron chi connectivity index (χ1n) is 5.23. The highest BCUT2D eigenvalue weighted by Gasteiger charge is 1.90. The SMILES string of the molecule is BrC(C=Nc1ccccc1)=Nc1ccccc1. The van der Waals surface area contributed by atoms with E-state index in [1.54, 1.807) is 6.21 Å². The van der Waals surface area contributed by atoms with Crippen molar-refractivity contribution in [1.82, 2.24) is 0 Å². The number of hydrogen-bond acceptors (Lipinski definition) is 2. The van der Waals surface area contributed by atoms with Crippen LogP contribution in [0.1, 0.15) is 0 Å². The minimum Gasteiger partial charge on any atom is -0.254 e. The third-order valence-corrected chi connectivity index (χ3v) is 2.45. The van der Waals surface area contributed by atoms with Crippen LogP contribution < -0.4 is 0 Å². The lowest BCUT2D eigenvalue weighted by atomic mass is 10.3. The molecule has 2 aromatic rings. The van der Waals surface area contributed by atoms with E-state index in [-0.39, 0.29) is 0 Å². The van der Waals surface area contributed by atoms with Gasteiger partial charge in [0.05, 0.1) is 17.6 Å². The lowest BCUT2D eigenvalue weighted by Gasteiger charge is -1.93. The molecule has 0 atom stereocenters. The molecule has 17 heavy (non-hydrogen) atoms. The normalized spacial score (nSPS) is 11.9. The fourth-order valence-corrected chi connectivity index (χ4v) is 1.60. The number of para-hydroxylation sites is 2. The Kier molecular flexibility index (Phi) is 4.22. The van der Waals surface area contributed by atoms with E-state index in [9.17, 15) is 0 Å². The lowest BCUT2D eigenvalue weighted by Crippen LogP contribution is -1.85. The van der Waals surface area contributed by atoms with Gasteiger partial charge < -0.3 is 0 Å². The third-order valence-electron chi connectivity index (χ3n) is 2.07. The van der Waals surface area contributed by atoms with Gasteiger partial charge in [-0.05, 0) is 40.2 Å². The largest absolute Gasteiger partial charge is 0.254 e. The average Bonchev–Trinajstić information content (AvgIpc) is 2.39. The van der Waals surface area contributed by atoms with E-state index in [1.807, 2.05) is 60.7 Å². The van der Waals surface area contributed by atoms with Crippen LogP contribution in [0.2, 0.25) is 0 Å². The molecular formula is C14H11BrN2.